The Morgan fingerprint density at radius 1 is 1.31 bits per heavy atom. The normalized spacial score (nSPS) is 17.6. The van der Waals surface area contributed by atoms with E-state index in [2.05, 4.69) is 4.84 Å². The van der Waals surface area contributed by atoms with E-state index in [4.69, 9.17) is 4.74 Å². The van der Waals surface area contributed by atoms with E-state index in [1.165, 1.54) is 0 Å². The number of carbonyl (C=O) groups is 3. The number of nitrogens with zero attached hydrogens (tertiary/aromatic N) is 2. The predicted molar refractivity (Wildman–Crippen MR) is 94.8 cm³/mol. The van der Waals surface area contributed by atoms with E-state index in [0.717, 1.165) is 18.2 Å². The molecule has 1 rings (SSSR count). The summed E-state index contributed by atoms with van der Waals surface area (Å²) in [4.78, 5) is 51.9. The minimum absolute atomic E-state index is 0.0374. The molecule has 9 nitrogen and oxygen atoms in total. The maximum Gasteiger partial charge on any atom is 0.328 e. The van der Waals surface area contributed by atoms with Crippen molar-refractivity contribution < 1.29 is 29.0 Å². The fourth-order valence-electron chi connectivity index (χ4n) is 2.56. The van der Waals surface area contributed by atoms with Crippen molar-refractivity contribution in [2.24, 2.45) is 5.92 Å². The topological polar surface area (TPSA) is 116 Å². The van der Waals surface area contributed by atoms with Gasteiger partial charge in [-0.25, -0.2) is 4.79 Å². The van der Waals surface area contributed by atoms with Gasteiger partial charge in [0.1, 0.15) is 6.04 Å². The first-order chi connectivity index (χ1) is 12.4. The molecule has 0 aliphatic carbocycles. The number of ether oxygens (including phenoxy) is 1. The largest absolute Gasteiger partial charge is 0.464 e. The number of unbranched alkanes of at least 4 members (excludes halogenated alkanes) is 1. The SMILES string of the molecule is CCC(=O)SC[C@@H](C)C(=O)N1CCC[C@H]1C(=O)OCCCCO[N+](=O)[O-]. The zero-order chi connectivity index (χ0) is 19.5. The van der Waals surface area contributed by atoms with E-state index >= 15 is 0 Å². The number of likely N-dealkylation sites (tertiary alicyclic amines) is 1. The molecular weight excluding hydrogens is 364 g/mol. The second-order valence-electron chi connectivity index (χ2n) is 6.06. The average Bonchev–Trinajstić information content (AvgIpc) is 3.10. The average molecular weight is 390 g/mol. The zero-order valence-corrected chi connectivity index (χ0v) is 16.0. The summed E-state index contributed by atoms with van der Waals surface area (Å²) in [5, 5.41) is 9.20. The molecule has 1 heterocycles. The fourth-order valence-corrected chi connectivity index (χ4v) is 3.34. The first-order valence-electron chi connectivity index (χ1n) is 8.76. The molecule has 10 heteroatoms. The highest BCUT2D eigenvalue weighted by Crippen LogP contribution is 2.23. The van der Waals surface area contributed by atoms with E-state index in [1.807, 2.05) is 0 Å². The van der Waals surface area contributed by atoms with Gasteiger partial charge in [-0.15, -0.1) is 10.1 Å². The van der Waals surface area contributed by atoms with E-state index in [1.54, 1.807) is 18.7 Å². The second kappa shape index (κ2) is 11.7. The molecular formula is C16H26N2O7S. The van der Waals surface area contributed by atoms with Crippen LogP contribution in [-0.2, 0) is 24.0 Å². The summed E-state index contributed by atoms with van der Waals surface area (Å²) >= 11 is 1.14. The van der Waals surface area contributed by atoms with E-state index < -0.39 is 17.1 Å². The molecule has 0 spiro atoms. The van der Waals surface area contributed by atoms with Crippen LogP contribution in [0.5, 0.6) is 0 Å². The van der Waals surface area contributed by atoms with Gasteiger partial charge in [0.2, 0.25) is 5.91 Å². The Hall–Kier alpha value is -1.84. The quantitative estimate of drug-likeness (QED) is 0.227. The van der Waals surface area contributed by atoms with Crippen molar-refractivity contribution >= 4 is 28.8 Å². The van der Waals surface area contributed by atoms with Crippen LogP contribution in [0.3, 0.4) is 0 Å². The van der Waals surface area contributed by atoms with Crippen LogP contribution >= 0.6 is 11.8 Å². The maximum atomic E-state index is 12.6. The van der Waals surface area contributed by atoms with Crippen LogP contribution in [0.15, 0.2) is 0 Å². The minimum atomic E-state index is -0.860. The molecule has 0 radical (unpaired) electrons. The van der Waals surface area contributed by atoms with Gasteiger partial charge in [0, 0.05) is 24.6 Å². The Morgan fingerprint density at radius 2 is 2.00 bits per heavy atom. The van der Waals surface area contributed by atoms with Gasteiger partial charge < -0.3 is 14.5 Å². The van der Waals surface area contributed by atoms with Gasteiger partial charge in [-0.05, 0) is 25.7 Å². The van der Waals surface area contributed by atoms with Crippen molar-refractivity contribution in [2.75, 3.05) is 25.5 Å². The summed E-state index contributed by atoms with van der Waals surface area (Å²) in [5.41, 5.74) is 0. The lowest BCUT2D eigenvalue weighted by atomic mass is 10.1. The summed E-state index contributed by atoms with van der Waals surface area (Å²) in [6, 6.07) is -0.591. The van der Waals surface area contributed by atoms with Crippen LogP contribution in [0.1, 0.15) is 46.0 Å². The lowest BCUT2D eigenvalue weighted by Gasteiger charge is -2.26. The number of carbonyl (C=O) groups excluding carboxylic acids is 3. The molecule has 148 valence electrons. The van der Waals surface area contributed by atoms with Crippen molar-refractivity contribution in [1.82, 2.24) is 4.90 Å². The van der Waals surface area contributed by atoms with Crippen molar-refractivity contribution in [1.29, 1.82) is 0 Å². The molecule has 0 saturated carbocycles. The number of thioether (sulfide) groups is 1. The summed E-state index contributed by atoms with van der Waals surface area (Å²) in [7, 11) is 0. The highest BCUT2D eigenvalue weighted by Gasteiger charge is 2.36. The third-order valence-electron chi connectivity index (χ3n) is 3.99. The number of hydrogen-bond acceptors (Lipinski definition) is 8. The smallest absolute Gasteiger partial charge is 0.328 e. The molecule has 1 fully saturated rings. The highest BCUT2D eigenvalue weighted by molar-refractivity contribution is 8.13. The molecule has 1 aliphatic rings. The Labute approximate surface area is 156 Å². The first-order valence-corrected chi connectivity index (χ1v) is 9.75. The molecule has 26 heavy (non-hydrogen) atoms. The molecule has 0 unspecified atom stereocenters. The van der Waals surface area contributed by atoms with Crippen LogP contribution in [-0.4, -0.2) is 58.5 Å². The summed E-state index contributed by atoms with van der Waals surface area (Å²) < 4.78 is 5.19. The van der Waals surface area contributed by atoms with Crippen LogP contribution in [0, 0.1) is 16.0 Å². The third-order valence-corrected chi connectivity index (χ3v) is 5.27. The summed E-state index contributed by atoms with van der Waals surface area (Å²) in [6.07, 6.45) is 2.57. The maximum absolute atomic E-state index is 12.6. The van der Waals surface area contributed by atoms with Gasteiger partial charge in [0.25, 0.3) is 5.09 Å². The standard InChI is InChI=1S/C16H26N2O7S/c1-3-14(19)26-11-12(2)15(20)17-8-6-7-13(17)16(21)24-9-4-5-10-25-18(22)23/h12-13H,3-11H2,1-2H3/t12-,13+/m1/s1. The van der Waals surface area contributed by atoms with Crippen LogP contribution in [0.2, 0.25) is 0 Å². The number of hydrogen-bond donors (Lipinski definition) is 0. The van der Waals surface area contributed by atoms with Crippen molar-refractivity contribution in [3.05, 3.63) is 10.1 Å². The monoisotopic (exact) mass is 390 g/mol. The molecule has 0 bridgehead atoms. The summed E-state index contributed by atoms with van der Waals surface area (Å²) in [6.45, 7) is 4.14. The van der Waals surface area contributed by atoms with E-state index in [9.17, 15) is 24.5 Å². The Bertz CT molecular complexity index is 515. The van der Waals surface area contributed by atoms with Crippen molar-refractivity contribution in [3.63, 3.8) is 0 Å². The molecule has 1 amide bonds. The molecule has 0 N–H and O–H groups in total. The van der Waals surface area contributed by atoms with Gasteiger partial charge in [-0.3, -0.25) is 9.59 Å². The fraction of sp³-hybridized carbons (Fsp3) is 0.812. The number of amides is 1. The number of rotatable bonds is 11. The van der Waals surface area contributed by atoms with Crippen LogP contribution < -0.4 is 0 Å². The summed E-state index contributed by atoms with van der Waals surface area (Å²) in [5.74, 6) is -0.529. The Morgan fingerprint density at radius 3 is 2.65 bits per heavy atom. The van der Waals surface area contributed by atoms with Gasteiger partial charge in [-0.1, -0.05) is 25.6 Å². The van der Waals surface area contributed by atoms with Gasteiger partial charge in [0.15, 0.2) is 5.12 Å². The Balaban J connectivity index is 2.38. The van der Waals surface area contributed by atoms with Crippen LogP contribution in [0.4, 0.5) is 0 Å². The molecule has 2 atom stereocenters. The zero-order valence-electron chi connectivity index (χ0n) is 15.2. The number of esters is 1. The lowest BCUT2D eigenvalue weighted by Crippen LogP contribution is -2.44. The Kier molecular flexibility index (Phi) is 10.0. The lowest BCUT2D eigenvalue weighted by molar-refractivity contribution is -0.757. The molecule has 1 aliphatic heterocycles. The molecule has 1 saturated heterocycles. The molecule has 0 aromatic carbocycles. The second-order valence-corrected chi connectivity index (χ2v) is 7.14. The molecule has 0 aromatic rings. The van der Waals surface area contributed by atoms with Crippen molar-refractivity contribution in [2.45, 2.75) is 52.0 Å². The van der Waals surface area contributed by atoms with Gasteiger partial charge in [-0.2, -0.15) is 0 Å². The van der Waals surface area contributed by atoms with Crippen LogP contribution in [0.25, 0.3) is 0 Å². The van der Waals surface area contributed by atoms with Crippen molar-refractivity contribution in [3.8, 4) is 0 Å². The molecule has 0 aromatic heterocycles. The first kappa shape index (κ1) is 22.2. The highest BCUT2D eigenvalue weighted by atomic mass is 32.2. The third kappa shape index (κ3) is 7.59. The predicted octanol–water partition coefficient (Wildman–Crippen LogP) is 1.81. The van der Waals surface area contributed by atoms with E-state index in [-0.39, 0.29) is 30.2 Å². The van der Waals surface area contributed by atoms with Gasteiger partial charge in [0.05, 0.1) is 13.2 Å². The van der Waals surface area contributed by atoms with E-state index in [0.29, 0.717) is 38.0 Å². The van der Waals surface area contributed by atoms with Gasteiger partial charge >= 0.3 is 5.97 Å². The minimum Gasteiger partial charge on any atom is -0.464 e.